The summed E-state index contributed by atoms with van der Waals surface area (Å²) in [6.45, 7) is 3.40. The number of likely N-dealkylation sites (N-methyl/N-ethyl adjacent to an activating group) is 1. The van der Waals surface area contributed by atoms with E-state index in [0.29, 0.717) is 23.4 Å². The third-order valence-corrected chi connectivity index (χ3v) is 6.83. The number of urea groups is 1. The zero-order valence-corrected chi connectivity index (χ0v) is 26.0. The second-order valence-corrected chi connectivity index (χ2v) is 10.7. The van der Waals surface area contributed by atoms with Crippen LogP contribution in [0.25, 0.3) is 0 Å². The Bertz CT molecular complexity index is 1530. The summed E-state index contributed by atoms with van der Waals surface area (Å²) in [7, 11) is 2.63. The molecule has 0 bridgehead atoms. The van der Waals surface area contributed by atoms with Crippen molar-refractivity contribution in [3.8, 4) is 5.75 Å². The topological polar surface area (TPSA) is 117 Å². The van der Waals surface area contributed by atoms with Crippen LogP contribution in [-0.2, 0) is 31.7 Å². The lowest BCUT2D eigenvalue weighted by molar-refractivity contribution is -0.140. The fourth-order valence-corrected chi connectivity index (χ4v) is 4.26. The first-order chi connectivity index (χ1) is 21.8. The third-order valence-electron chi connectivity index (χ3n) is 6.83. The first kappa shape index (κ1) is 35.4. The largest absolute Gasteiger partial charge is 0.482 e. The van der Waals surface area contributed by atoms with E-state index in [1.807, 2.05) is 13.8 Å². The summed E-state index contributed by atoms with van der Waals surface area (Å²) >= 11 is 0. The Morgan fingerprint density at radius 1 is 0.913 bits per heavy atom. The fourth-order valence-electron chi connectivity index (χ4n) is 4.26. The molecular weight excluding hydrogens is 605 g/mol. The van der Waals surface area contributed by atoms with Gasteiger partial charge in [-0.15, -0.1) is 0 Å². The van der Waals surface area contributed by atoms with Gasteiger partial charge in [-0.1, -0.05) is 44.2 Å². The number of ether oxygens (including phenoxy) is 2. The number of esters is 1. The number of nitrogens with zero attached hydrogens (tertiary/aromatic N) is 2. The minimum absolute atomic E-state index is 0.0333. The van der Waals surface area contributed by atoms with E-state index in [1.54, 1.807) is 48.5 Å². The van der Waals surface area contributed by atoms with Crippen molar-refractivity contribution in [1.29, 1.82) is 0 Å². The molecule has 0 saturated heterocycles. The Kier molecular flexibility index (Phi) is 12.5. The molecule has 0 aliphatic heterocycles. The molecule has 2 N–H and O–H groups in total. The number of hydrogen-bond acceptors (Lipinski definition) is 6. The first-order valence-electron chi connectivity index (χ1n) is 14.4. The van der Waals surface area contributed by atoms with Crippen molar-refractivity contribution in [2.75, 3.05) is 49.0 Å². The van der Waals surface area contributed by atoms with Crippen molar-refractivity contribution >= 4 is 40.9 Å². The summed E-state index contributed by atoms with van der Waals surface area (Å²) in [5, 5.41) is 5.18. The number of carbonyl (C=O) groups is 4. The summed E-state index contributed by atoms with van der Waals surface area (Å²) in [5.41, 5.74) is 0.577. The molecule has 0 aliphatic carbocycles. The minimum Gasteiger partial charge on any atom is -0.482 e. The molecule has 0 radical (unpaired) electrons. The highest BCUT2D eigenvalue weighted by molar-refractivity contribution is 5.99. The van der Waals surface area contributed by atoms with E-state index in [0.717, 1.165) is 17.0 Å². The van der Waals surface area contributed by atoms with Gasteiger partial charge in [0.25, 0.3) is 5.91 Å². The van der Waals surface area contributed by atoms with E-state index < -0.39 is 42.2 Å². The lowest BCUT2D eigenvalue weighted by atomic mass is 10.1. The number of anilines is 3. The van der Waals surface area contributed by atoms with Crippen molar-refractivity contribution in [1.82, 2.24) is 5.32 Å². The van der Waals surface area contributed by atoms with Crippen LogP contribution in [0.2, 0.25) is 0 Å². The Morgan fingerprint density at radius 2 is 1.63 bits per heavy atom. The second kappa shape index (κ2) is 16.3. The van der Waals surface area contributed by atoms with Gasteiger partial charge in [-0.25, -0.2) is 4.79 Å². The zero-order chi connectivity index (χ0) is 33.9. The Labute approximate surface area is 265 Å². The number of para-hydroxylation sites is 2. The van der Waals surface area contributed by atoms with Gasteiger partial charge in [-0.2, -0.15) is 13.2 Å². The molecule has 0 fully saturated rings. The number of rotatable bonds is 13. The molecule has 3 aromatic rings. The molecule has 0 atom stereocenters. The predicted octanol–water partition coefficient (Wildman–Crippen LogP) is 5.66. The van der Waals surface area contributed by atoms with Gasteiger partial charge < -0.3 is 29.9 Å². The molecular formula is C33H37F3N4O6. The molecule has 4 amide bonds. The summed E-state index contributed by atoms with van der Waals surface area (Å²) < 4.78 is 49.9. The summed E-state index contributed by atoms with van der Waals surface area (Å²) in [5.74, 6) is -1.04. The molecule has 0 aromatic heterocycles. The highest BCUT2D eigenvalue weighted by Crippen LogP contribution is 2.32. The molecule has 3 aromatic carbocycles. The monoisotopic (exact) mass is 642 g/mol. The van der Waals surface area contributed by atoms with Gasteiger partial charge in [0.2, 0.25) is 5.91 Å². The molecule has 3 rings (SSSR count). The summed E-state index contributed by atoms with van der Waals surface area (Å²) in [4.78, 5) is 53.0. The SMILES string of the molecule is COC(=O)Cc1cccc(NC(=O)NCC(=O)N(CCC(C)C)c2ccccc2OCC(=O)N(C)c2cccc(C(F)(F)F)c2)c1. The number of benzene rings is 3. The first-order valence-corrected chi connectivity index (χ1v) is 14.4. The number of nitrogens with one attached hydrogen (secondary N) is 2. The molecule has 13 heteroatoms. The lowest BCUT2D eigenvalue weighted by Crippen LogP contribution is -2.42. The second-order valence-electron chi connectivity index (χ2n) is 10.7. The lowest BCUT2D eigenvalue weighted by Gasteiger charge is -2.26. The third kappa shape index (κ3) is 10.5. The molecule has 246 valence electrons. The van der Waals surface area contributed by atoms with Crippen LogP contribution >= 0.6 is 0 Å². The number of halogens is 3. The van der Waals surface area contributed by atoms with Crippen molar-refractivity contribution in [2.45, 2.75) is 32.9 Å². The van der Waals surface area contributed by atoms with Gasteiger partial charge in [0.15, 0.2) is 6.61 Å². The van der Waals surface area contributed by atoms with Crippen molar-refractivity contribution in [2.24, 2.45) is 5.92 Å². The van der Waals surface area contributed by atoms with Crippen LogP contribution in [0.5, 0.6) is 5.75 Å². The maximum atomic E-state index is 13.4. The van der Waals surface area contributed by atoms with E-state index in [2.05, 4.69) is 15.4 Å². The Morgan fingerprint density at radius 3 is 2.33 bits per heavy atom. The Balaban J connectivity index is 1.69. The standard InChI is InChI=1S/C33H37F3N4O6/c1-22(2)15-16-40(29(41)20-37-32(44)38-25-11-7-9-23(17-25)18-31(43)45-4)27-13-5-6-14-28(27)46-21-30(42)39(3)26-12-8-10-24(19-26)33(34,35)36/h5-14,17,19,22H,15-16,18,20-21H2,1-4H3,(H2,37,38,44). The van der Waals surface area contributed by atoms with E-state index in [1.165, 1.54) is 31.2 Å². The Hall–Kier alpha value is -5.07. The molecule has 0 heterocycles. The minimum atomic E-state index is -4.56. The molecule has 46 heavy (non-hydrogen) atoms. The highest BCUT2D eigenvalue weighted by Gasteiger charge is 2.31. The van der Waals surface area contributed by atoms with Crippen LogP contribution in [0.4, 0.5) is 35.0 Å². The molecule has 10 nitrogen and oxygen atoms in total. The number of hydrogen-bond donors (Lipinski definition) is 2. The smallest absolute Gasteiger partial charge is 0.416 e. The van der Waals surface area contributed by atoms with Gasteiger partial charge in [0.1, 0.15) is 5.75 Å². The molecule has 0 saturated carbocycles. The maximum Gasteiger partial charge on any atom is 0.416 e. The number of carbonyl (C=O) groups excluding carboxylic acids is 4. The van der Waals surface area contributed by atoms with E-state index in [9.17, 15) is 32.3 Å². The number of methoxy groups -OCH3 is 1. The van der Waals surface area contributed by atoms with Crippen LogP contribution in [0.3, 0.4) is 0 Å². The average molecular weight is 643 g/mol. The van der Waals surface area contributed by atoms with E-state index in [4.69, 9.17) is 4.74 Å². The fraction of sp³-hybridized carbons (Fsp3) is 0.333. The summed E-state index contributed by atoms with van der Waals surface area (Å²) in [6.07, 6.45) is -3.91. The van der Waals surface area contributed by atoms with E-state index in [-0.39, 0.29) is 36.9 Å². The van der Waals surface area contributed by atoms with Crippen LogP contribution in [0, 0.1) is 5.92 Å². The van der Waals surface area contributed by atoms with Crippen molar-refractivity contribution in [3.63, 3.8) is 0 Å². The van der Waals surface area contributed by atoms with Crippen LogP contribution in [0.15, 0.2) is 72.8 Å². The molecule has 0 spiro atoms. The van der Waals surface area contributed by atoms with Gasteiger partial charge in [0.05, 0.1) is 31.3 Å². The average Bonchev–Trinajstić information content (AvgIpc) is 3.02. The molecule has 0 aliphatic rings. The normalized spacial score (nSPS) is 11.0. The molecule has 0 unspecified atom stereocenters. The predicted molar refractivity (Wildman–Crippen MR) is 168 cm³/mol. The number of amides is 4. The van der Waals surface area contributed by atoms with Crippen molar-refractivity contribution in [3.05, 3.63) is 83.9 Å². The number of alkyl halides is 3. The van der Waals surface area contributed by atoms with Crippen LogP contribution in [-0.4, -0.2) is 57.7 Å². The quantitative estimate of drug-likeness (QED) is 0.232. The highest BCUT2D eigenvalue weighted by atomic mass is 19.4. The van der Waals surface area contributed by atoms with Crippen LogP contribution < -0.4 is 25.2 Å². The van der Waals surface area contributed by atoms with Gasteiger partial charge in [0, 0.05) is 25.0 Å². The van der Waals surface area contributed by atoms with Gasteiger partial charge in [-0.05, 0) is 60.4 Å². The van der Waals surface area contributed by atoms with E-state index >= 15 is 0 Å². The zero-order valence-electron chi connectivity index (χ0n) is 26.0. The van der Waals surface area contributed by atoms with Crippen LogP contribution in [0.1, 0.15) is 31.4 Å². The van der Waals surface area contributed by atoms with Crippen molar-refractivity contribution < 1.29 is 41.8 Å². The van der Waals surface area contributed by atoms with Gasteiger partial charge in [-0.3, -0.25) is 14.4 Å². The maximum absolute atomic E-state index is 13.4. The van der Waals surface area contributed by atoms with Gasteiger partial charge >= 0.3 is 18.2 Å². The summed E-state index contributed by atoms with van der Waals surface area (Å²) in [6, 6.07) is 17.0.